The summed E-state index contributed by atoms with van der Waals surface area (Å²) in [5.41, 5.74) is 8.27. The Morgan fingerprint density at radius 2 is 2.05 bits per heavy atom. The number of amides is 1. The molecule has 1 aromatic heterocycles. The van der Waals surface area contributed by atoms with E-state index in [1.165, 1.54) is 0 Å². The minimum absolute atomic E-state index is 0.117. The van der Waals surface area contributed by atoms with Crippen molar-refractivity contribution in [3.63, 3.8) is 0 Å². The maximum absolute atomic E-state index is 12.5. The van der Waals surface area contributed by atoms with Crippen LogP contribution in [0.15, 0.2) is 34.9 Å². The molecule has 0 saturated carbocycles. The third kappa shape index (κ3) is 2.77. The fourth-order valence-electron chi connectivity index (χ4n) is 2.86. The van der Waals surface area contributed by atoms with E-state index in [1.54, 1.807) is 6.07 Å². The molecule has 110 valence electrons. The molecule has 0 unspecified atom stereocenters. The summed E-state index contributed by atoms with van der Waals surface area (Å²) in [4.78, 5) is 14.5. The van der Waals surface area contributed by atoms with E-state index < -0.39 is 0 Å². The number of anilines is 1. The Kier molecular flexibility index (Phi) is 3.64. The second-order valence-electron chi connectivity index (χ2n) is 5.54. The second-order valence-corrected chi connectivity index (χ2v) is 5.54. The lowest BCUT2D eigenvalue weighted by molar-refractivity contribution is 0.0710. The Balaban J connectivity index is 1.66. The molecule has 5 nitrogen and oxygen atoms in total. The van der Waals surface area contributed by atoms with E-state index >= 15 is 0 Å². The van der Waals surface area contributed by atoms with E-state index in [-0.39, 0.29) is 5.91 Å². The molecular formula is C16H19N3O2. The normalized spacial score (nSPS) is 16.1. The van der Waals surface area contributed by atoms with E-state index in [9.17, 15) is 4.79 Å². The van der Waals surface area contributed by atoms with Crippen molar-refractivity contribution >= 4 is 11.8 Å². The molecule has 5 heteroatoms. The predicted octanol–water partition coefficient (Wildman–Crippen LogP) is 2.59. The minimum Gasteiger partial charge on any atom is -0.368 e. The first-order chi connectivity index (χ1) is 10.1. The number of carbonyl (C=O) groups excluding carboxylic acids is 1. The topological polar surface area (TPSA) is 72.4 Å². The van der Waals surface area contributed by atoms with Gasteiger partial charge in [-0.05, 0) is 31.4 Å². The van der Waals surface area contributed by atoms with Gasteiger partial charge in [-0.25, -0.2) is 0 Å². The number of piperidine rings is 1. The summed E-state index contributed by atoms with van der Waals surface area (Å²) in [7, 11) is 0. The van der Waals surface area contributed by atoms with Crippen LogP contribution < -0.4 is 5.73 Å². The van der Waals surface area contributed by atoms with E-state index in [1.807, 2.05) is 36.1 Å². The molecule has 2 heterocycles. The molecule has 1 aliphatic heterocycles. The number of aryl methyl sites for hydroxylation is 1. The Hall–Kier alpha value is -2.30. The van der Waals surface area contributed by atoms with Gasteiger partial charge < -0.3 is 15.2 Å². The minimum atomic E-state index is 0.117. The Bertz CT molecular complexity index is 642. The maximum Gasteiger partial charge on any atom is 0.254 e. The quantitative estimate of drug-likeness (QED) is 0.920. The highest BCUT2D eigenvalue weighted by molar-refractivity contribution is 5.95. The smallest absolute Gasteiger partial charge is 0.254 e. The molecular weight excluding hydrogens is 266 g/mol. The molecule has 1 aromatic carbocycles. The van der Waals surface area contributed by atoms with Crippen LogP contribution >= 0.6 is 0 Å². The molecule has 0 atom stereocenters. The number of benzene rings is 1. The van der Waals surface area contributed by atoms with Gasteiger partial charge in [-0.1, -0.05) is 23.4 Å². The summed E-state index contributed by atoms with van der Waals surface area (Å²) >= 11 is 0. The van der Waals surface area contributed by atoms with Crippen LogP contribution in [0.1, 0.15) is 40.4 Å². The van der Waals surface area contributed by atoms with Crippen molar-refractivity contribution in [1.29, 1.82) is 0 Å². The van der Waals surface area contributed by atoms with Crippen LogP contribution in [-0.2, 0) is 0 Å². The number of rotatable bonds is 2. The third-order valence-corrected chi connectivity index (χ3v) is 4.12. The van der Waals surface area contributed by atoms with Crippen molar-refractivity contribution in [1.82, 2.24) is 10.1 Å². The van der Waals surface area contributed by atoms with Gasteiger partial charge in [-0.3, -0.25) is 4.79 Å². The summed E-state index contributed by atoms with van der Waals surface area (Å²) in [6, 6.07) is 9.50. The van der Waals surface area contributed by atoms with Gasteiger partial charge in [-0.2, -0.15) is 0 Å². The Labute approximate surface area is 123 Å². The van der Waals surface area contributed by atoms with Crippen LogP contribution in [0.2, 0.25) is 0 Å². The Morgan fingerprint density at radius 3 is 2.67 bits per heavy atom. The van der Waals surface area contributed by atoms with E-state index in [0.29, 0.717) is 11.8 Å². The number of nitrogens with two attached hydrogens (primary N) is 1. The molecule has 3 rings (SSSR count). The average Bonchev–Trinajstić information content (AvgIpc) is 2.94. The molecule has 1 fully saturated rings. The number of nitrogens with zero attached hydrogens (tertiary/aromatic N) is 2. The van der Waals surface area contributed by atoms with Gasteiger partial charge >= 0.3 is 0 Å². The number of hydrogen-bond acceptors (Lipinski definition) is 4. The van der Waals surface area contributed by atoms with Crippen molar-refractivity contribution in [3.05, 3.63) is 47.2 Å². The zero-order chi connectivity index (χ0) is 14.8. The van der Waals surface area contributed by atoms with E-state index in [0.717, 1.165) is 42.8 Å². The lowest BCUT2D eigenvalue weighted by Crippen LogP contribution is -2.38. The SMILES string of the molecule is Cc1ccccc1C(=O)N1CCC(c2cc(N)on2)CC1. The van der Waals surface area contributed by atoms with E-state index in [4.69, 9.17) is 10.3 Å². The molecule has 1 aliphatic rings. The van der Waals surface area contributed by atoms with Crippen LogP contribution in [0, 0.1) is 6.92 Å². The van der Waals surface area contributed by atoms with Crippen molar-refractivity contribution in [2.24, 2.45) is 0 Å². The lowest BCUT2D eigenvalue weighted by atomic mass is 9.93. The summed E-state index contributed by atoms with van der Waals surface area (Å²) in [6.07, 6.45) is 1.78. The van der Waals surface area contributed by atoms with Crippen LogP contribution in [0.4, 0.5) is 5.88 Å². The number of aromatic nitrogens is 1. The fraction of sp³-hybridized carbons (Fsp3) is 0.375. The van der Waals surface area contributed by atoms with Gasteiger partial charge in [0.2, 0.25) is 5.88 Å². The first-order valence-corrected chi connectivity index (χ1v) is 7.22. The van der Waals surface area contributed by atoms with Gasteiger partial charge in [0.05, 0.1) is 5.69 Å². The number of hydrogen-bond donors (Lipinski definition) is 1. The van der Waals surface area contributed by atoms with Crippen molar-refractivity contribution in [2.45, 2.75) is 25.7 Å². The van der Waals surface area contributed by atoms with Crippen LogP contribution in [0.5, 0.6) is 0 Å². The van der Waals surface area contributed by atoms with Crippen LogP contribution in [0.25, 0.3) is 0 Å². The van der Waals surface area contributed by atoms with Crippen molar-refractivity contribution in [3.8, 4) is 0 Å². The van der Waals surface area contributed by atoms with Crippen LogP contribution in [-0.4, -0.2) is 29.1 Å². The highest BCUT2D eigenvalue weighted by Gasteiger charge is 2.26. The molecule has 1 amide bonds. The zero-order valence-electron chi connectivity index (χ0n) is 12.1. The first kappa shape index (κ1) is 13.7. The summed E-state index contributed by atoms with van der Waals surface area (Å²) < 4.78 is 4.92. The zero-order valence-corrected chi connectivity index (χ0v) is 12.1. The van der Waals surface area contributed by atoms with Gasteiger partial charge in [0, 0.05) is 30.6 Å². The lowest BCUT2D eigenvalue weighted by Gasteiger charge is -2.31. The maximum atomic E-state index is 12.5. The Morgan fingerprint density at radius 1 is 1.33 bits per heavy atom. The molecule has 2 aromatic rings. The van der Waals surface area contributed by atoms with Gasteiger partial charge in [-0.15, -0.1) is 0 Å². The third-order valence-electron chi connectivity index (χ3n) is 4.12. The summed E-state index contributed by atoms with van der Waals surface area (Å²) in [5, 5.41) is 3.98. The van der Waals surface area contributed by atoms with Crippen LogP contribution in [0.3, 0.4) is 0 Å². The number of nitrogen functional groups attached to an aromatic ring is 1. The van der Waals surface area contributed by atoms with Gasteiger partial charge in [0.15, 0.2) is 0 Å². The molecule has 0 radical (unpaired) electrons. The van der Waals surface area contributed by atoms with Gasteiger partial charge in [0.1, 0.15) is 0 Å². The molecule has 2 N–H and O–H groups in total. The second kappa shape index (κ2) is 5.60. The summed E-state index contributed by atoms with van der Waals surface area (Å²) in [6.45, 7) is 3.45. The predicted molar refractivity (Wildman–Crippen MR) is 80.0 cm³/mol. The summed E-state index contributed by atoms with van der Waals surface area (Å²) in [5.74, 6) is 0.793. The first-order valence-electron chi connectivity index (χ1n) is 7.22. The molecule has 0 bridgehead atoms. The highest BCUT2D eigenvalue weighted by Crippen LogP contribution is 2.29. The number of likely N-dealkylation sites (tertiary alicyclic amines) is 1. The fourth-order valence-corrected chi connectivity index (χ4v) is 2.86. The largest absolute Gasteiger partial charge is 0.368 e. The van der Waals surface area contributed by atoms with E-state index in [2.05, 4.69) is 5.16 Å². The van der Waals surface area contributed by atoms with Gasteiger partial charge in [0.25, 0.3) is 5.91 Å². The molecule has 1 saturated heterocycles. The van der Waals surface area contributed by atoms with Crippen molar-refractivity contribution in [2.75, 3.05) is 18.8 Å². The average molecular weight is 285 g/mol. The molecule has 0 aliphatic carbocycles. The highest BCUT2D eigenvalue weighted by atomic mass is 16.5. The molecule has 0 spiro atoms. The molecule has 21 heavy (non-hydrogen) atoms. The van der Waals surface area contributed by atoms with Crippen molar-refractivity contribution < 1.29 is 9.32 Å². The standard InChI is InChI=1S/C16H19N3O2/c1-11-4-2-3-5-13(11)16(20)19-8-6-12(7-9-19)14-10-15(17)21-18-14/h2-5,10,12H,6-9,17H2,1H3. The monoisotopic (exact) mass is 285 g/mol. The number of carbonyl (C=O) groups is 1.